The first kappa shape index (κ1) is 18.6. The number of anilines is 1. The van der Waals surface area contributed by atoms with Crippen LogP contribution in [-0.4, -0.2) is 36.8 Å². The summed E-state index contributed by atoms with van der Waals surface area (Å²) in [6, 6.07) is 5.62. The van der Waals surface area contributed by atoms with E-state index in [0.717, 1.165) is 0 Å². The van der Waals surface area contributed by atoms with Crippen molar-refractivity contribution < 1.29 is 9.18 Å². The maximum absolute atomic E-state index is 13.8. The van der Waals surface area contributed by atoms with Gasteiger partial charge in [-0.1, -0.05) is 32.9 Å². The molecule has 0 aliphatic heterocycles. The summed E-state index contributed by atoms with van der Waals surface area (Å²) in [5.41, 5.74) is 0.102. The highest BCUT2D eigenvalue weighted by Crippen LogP contribution is 2.21. The maximum Gasteiger partial charge on any atom is 0.321 e. The van der Waals surface area contributed by atoms with E-state index in [1.807, 2.05) is 31.5 Å². The minimum absolute atomic E-state index is 0.0704. The third kappa shape index (κ3) is 4.69. The molecule has 0 aliphatic carbocycles. The molecule has 0 bridgehead atoms. The largest absolute Gasteiger partial charge is 0.335 e. The molecular weight excluding hydrogens is 349 g/mol. The summed E-state index contributed by atoms with van der Waals surface area (Å²) in [5.74, 6) is -0.104. The van der Waals surface area contributed by atoms with Gasteiger partial charge >= 0.3 is 6.03 Å². The van der Waals surface area contributed by atoms with Crippen molar-refractivity contribution in [3.63, 3.8) is 0 Å². The Balaban J connectivity index is 1.67. The predicted molar refractivity (Wildman–Crippen MR) is 99.4 cm³/mol. The number of H-pyrrole nitrogens is 1. The Morgan fingerprint density at radius 1 is 1.33 bits per heavy atom. The highest BCUT2D eigenvalue weighted by Gasteiger charge is 2.27. The van der Waals surface area contributed by atoms with Gasteiger partial charge in [-0.25, -0.2) is 14.2 Å². The van der Waals surface area contributed by atoms with E-state index in [4.69, 9.17) is 0 Å². The summed E-state index contributed by atoms with van der Waals surface area (Å²) in [6.45, 7) is 6.69. The number of urea groups is 1. The van der Waals surface area contributed by atoms with Gasteiger partial charge in [0.15, 0.2) is 5.82 Å². The highest BCUT2D eigenvalue weighted by molar-refractivity contribution is 5.87. The van der Waals surface area contributed by atoms with Gasteiger partial charge in [0.2, 0.25) is 5.95 Å². The van der Waals surface area contributed by atoms with Crippen LogP contribution in [0.2, 0.25) is 0 Å². The summed E-state index contributed by atoms with van der Waals surface area (Å²) >= 11 is 0. The lowest BCUT2D eigenvalue weighted by atomic mass is 9.86. The van der Waals surface area contributed by atoms with Crippen molar-refractivity contribution in [1.29, 1.82) is 0 Å². The molecule has 0 aliphatic rings. The Morgan fingerprint density at radius 2 is 2.11 bits per heavy atom. The molecule has 3 N–H and O–H groups in total. The SMILES string of the molecule is CC(C)(C)[C@H](Cn1ccnc1)NC(=O)Nc1n[nH]c(-c2ccccc2F)n1. The lowest BCUT2D eigenvalue weighted by Crippen LogP contribution is -2.48. The number of aromatic nitrogens is 5. The van der Waals surface area contributed by atoms with Gasteiger partial charge in [0.25, 0.3) is 0 Å². The monoisotopic (exact) mass is 371 g/mol. The molecule has 2 aromatic heterocycles. The Labute approximate surface area is 156 Å². The summed E-state index contributed by atoms with van der Waals surface area (Å²) in [6.07, 6.45) is 5.24. The number of hydrogen-bond donors (Lipinski definition) is 3. The van der Waals surface area contributed by atoms with Crippen LogP contribution in [0.1, 0.15) is 20.8 Å². The first-order valence-corrected chi connectivity index (χ1v) is 8.53. The second-order valence-corrected chi connectivity index (χ2v) is 7.26. The van der Waals surface area contributed by atoms with Crippen molar-refractivity contribution >= 4 is 12.0 Å². The van der Waals surface area contributed by atoms with Crippen molar-refractivity contribution in [3.05, 3.63) is 48.8 Å². The Morgan fingerprint density at radius 3 is 2.78 bits per heavy atom. The van der Waals surface area contributed by atoms with Crippen molar-refractivity contribution in [2.75, 3.05) is 5.32 Å². The van der Waals surface area contributed by atoms with Crippen LogP contribution in [0, 0.1) is 11.2 Å². The molecule has 0 saturated heterocycles. The fraction of sp³-hybridized carbons (Fsp3) is 0.333. The number of aromatic amines is 1. The van der Waals surface area contributed by atoms with E-state index in [1.54, 1.807) is 30.7 Å². The molecule has 0 fully saturated rings. The molecule has 9 heteroatoms. The zero-order valence-electron chi connectivity index (χ0n) is 15.4. The first-order valence-electron chi connectivity index (χ1n) is 8.53. The van der Waals surface area contributed by atoms with E-state index in [1.165, 1.54) is 6.07 Å². The molecule has 1 aromatic carbocycles. The van der Waals surface area contributed by atoms with Crippen LogP contribution in [-0.2, 0) is 6.54 Å². The molecule has 27 heavy (non-hydrogen) atoms. The quantitative estimate of drug-likeness (QED) is 0.642. The van der Waals surface area contributed by atoms with Gasteiger partial charge in [0, 0.05) is 18.9 Å². The fourth-order valence-corrected chi connectivity index (χ4v) is 2.53. The summed E-state index contributed by atoms with van der Waals surface area (Å²) in [7, 11) is 0. The van der Waals surface area contributed by atoms with Crippen molar-refractivity contribution in [1.82, 2.24) is 30.0 Å². The smallest absolute Gasteiger partial charge is 0.321 e. The van der Waals surface area contributed by atoms with Gasteiger partial charge in [-0.15, -0.1) is 5.10 Å². The van der Waals surface area contributed by atoms with Crippen LogP contribution in [0.4, 0.5) is 15.1 Å². The molecular formula is C18H22FN7O. The van der Waals surface area contributed by atoms with Crippen molar-refractivity contribution in [2.24, 2.45) is 5.41 Å². The number of nitrogens with zero attached hydrogens (tertiary/aromatic N) is 4. The van der Waals surface area contributed by atoms with Gasteiger partial charge in [-0.3, -0.25) is 10.4 Å². The van der Waals surface area contributed by atoms with Crippen LogP contribution in [0.5, 0.6) is 0 Å². The minimum atomic E-state index is -0.436. The molecule has 3 aromatic rings. The summed E-state index contributed by atoms with van der Waals surface area (Å²) in [5, 5.41) is 12.1. The van der Waals surface area contributed by atoms with Gasteiger partial charge in [-0.2, -0.15) is 4.98 Å². The molecule has 0 unspecified atom stereocenters. The summed E-state index contributed by atoms with van der Waals surface area (Å²) < 4.78 is 15.7. The standard InChI is InChI=1S/C18H22FN7O/c1-18(2,3)14(10-26-9-8-20-11-26)21-17(27)23-16-22-15(24-25-16)12-6-4-5-7-13(12)19/h4-9,11,14H,10H2,1-3H3,(H3,21,22,23,24,25,27)/t14-/m0/s1. The lowest BCUT2D eigenvalue weighted by Gasteiger charge is -2.31. The number of benzene rings is 1. The third-order valence-electron chi connectivity index (χ3n) is 4.14. The number of halogens is 1. The number of amides is 2. The first-order chi connectivity index (χ1) is 12.8. The van der Waals surface area contributed by atoms with E-state index < -0.39 is 11.8 Å². The second-order valence-electron chi connectivity index (χ2n) is 7.26. The second kappa shape index (κ2) is 7.56. The average Bonchev–Trinajstić information content (AvgIpc) is 3.26. The predicted octanol–water partition coefficient (Wildman–Crippen LogP) is 3.04. The van der Waals surface area contributed by atoms with Crippen molar-refractivity contribution in [3.8, 4) is 11.4 Å². The topological polar surface area (TPSA) is 101 Å². The Bertz CT molecular complexity index is 899. The summed E-state index contributed by atoms with van der Waals surface area (Å²) in [4.78, 5) is 20.6. The molecule has 1 atom stereocenters. The van der Waals surface area contributed by atoms with Crippen LogP contribution < -0.4 is 10.6 Å². The number of carbonyl (C=O) groups excluding carboxylic acids is 1. The van der Waals surface area contributed by atoms with Crippen LogP contribution in [0.3, 0.4) is 0 Å². The molecule has 2 heterocycles. The van der Waals surface area contributed by atoms with E-state index in [-0.39, 0.29) is 28.8 Å². The zero-order valence-corrected chi connectivity index (χ0v) is 15.4. The van der Waals surface area contributed by atoms with Gasteiger partial charge in [-0.05, 0) is 17.5 Å². The molecule has 3 rings (SSSR count). The normalized spacial score (nSPS) is 12.6. The number of nitrogens with one attached hydrogen (secondary N) is 3. The van der Waals surface area contributed by atoms with E-state index in [2.05, 4.69) is 30.8 Å². The van der Waals surface area contributed by atoms with Crippen LogP contribution in [0.15, 0.2) is 43.0 Å². The molecule has 142 valence electrons. The molecule has 0 saturated carbocycles. The molecule has 2 amide bonds. The van der Waals surface area contributed by atoms with Crippen molar-refractivity contribution in [2.45, 2.75) is 33.4 Å². The van der Waals surface area contributed by atoms with E-state index in [0.29, 0.717) is 6.54 Å². The average molecular weight is 371 g/mol. The molecule has 8 nitrogen and oxygen atoms in total. The Hall–Kier alpha value is -3.23. The lowest BCUT2D eigenvalue weighted by molar-refractivity contribution is 0.218. The zero-order chi connectivity index (χ0) is 19.4. The van der Waals surface area contributed by atoms with Gasteiger partial charge in [0.1, 0.15) is 5.82 Å². The van der Waals surface area contributed by atoms with Crippen LogP contribution >= 0.6 is 0 Å². The number of rotatable bonds is 5. The van der Waals surface area contributed by atoms with Gasteiger partial charge in [0.05, 0.1) is 17.9 Å². The number of imidazole rings is 1. The van der Waals surface area contributed by atoms with E-state index >= 15 is 0 Å². The molecule has 0 spiro atoms. The minimum Gasteiger partial charge on any atom is -0.335 e. The Kier molecular flexibility index (Phi) is 5.20. The highest BCUT2D eigenvalue weighted by atomic mass is 19.1. The number of hydrogen-bond acceptors (Lipinski definition) is 4. The van der Waals surface area contributed by atoms with E-state index in [9.17, 15) is 9.18 Å². The fourth-order valence-electron chi connectivity index (χ4n) is 2.53. The number of carbonyl (C=O) groups is 1. The van der Waals surface area contributed by atoms with Gasteiger partial charge < -0.3 is 9.88 Å². The maximum atomic E-state index is 13.8. The van der Waals surface area contributed by atoms with Crippen LogP contribution in [0.25, 0.3) is 11.4 Å². The molecule has 0 radical (unpaired) electrons. The third-order valence-corrected chi connectivity index (χ3v) is 4.14.